The van der Waals surface area contributed by atoms with Gasteiger partial charge in [0, 0.05) is 6.42 Å². The second-order valence-corrected chi connectivity index (χ2v) is 4.30. The Balaban J connectivity index is 2.25. The molecule has 17 heavy (non-hydrogen) atoms. The topological polar surface area (TPSA) is 26.3 Å². The summed E-state index contributed by atoms with van der Waals surface area (Å²) in [5.74, 6) is 1.13. The van der Waals surface area contributed by atoms with Gasteiger partial charge in [-0.1, -0.05) is 12.1 Å². The molecule has 0 saturated heterocycles. The Bertz CT molecular complexity index is 432. The Labute approximate surface area is 102 Å². The van der Waals surface area contributed by atoms with Gasteiger partial charge in [-0.3, -0.25) is 4.79 Å². The Kier molecular flexibility index (Phi) is 3.97. The molecule has 0 unspecified atom stereocenters. The number of carbonyl (C=O) groups excluding carboxylic acids is 1. The third-order valence-corrected chi connectivity index (χ3v) is 2.97. The molecule has 2 nitrogen and oxygen atoms in total. The van der Waals surface area contributed by atoms with Gasteiger partial charge in [0.2, 0.25) is 0 Å². The van der Waals surface area contributed by atoms with Crippen molar-refractivity contribution in [2.24, 2.45) is 0 Å². The van der Waals surface area contributed by atoms with Crippen molar-refractivity contribution in [3.05, 3.63) is 35.9 Å². The minimum atomic E-state index is 0.249. The van der Waals surface area contributed by atoms with Crippen molar-refractivity contribution >= 4 is 11.4 Å². The second kappa shape index (κ2) is 5.67. The minimum Gasteiger partial charge on any atom is -0.494 e. The predicted molar refractivity (Wildman–Crippen MR) is 69.1 cm³/mol. The van der Waals surface area contributed by atoms with Gasteiger partial charge in [0.15, 0.2) is 5.78 Å². The van der Waals surface area contributed by atoms with Gasteiger partial charge < -0.3 is 4.74 Å². The van der Waals surface area contributed by atoms with E-state index in [2.05, 4.69) is 0 Å². The summed E-state index contributed by atoms with van der Waals surface area (Å²) in [6.45, 7) is 2.64. The molecule has 1 aromatic rings. The number of rotatable bonds is 3. The molecule has 2 heteroatoms. The number of allylic oxidation sites excluding steroid dienone is 2. The number of hydrogen-bond donors (Lipinski definition) is 0. The van der Waals surface area contributed by atoms with Gasteiger partial charge in [0.25, 0.3) is 0 Å². The Morgan fingerprint density at radius 1 is 1.24 bits per heavy atom. The average Bonchev–Trinajstić information content (AvgIpc) is 2.55. The van der Waals surface area contributed by atoms with Crippen LogP contribution in [0.3, 0.4) is 0 Å². The lowest BCUT2D eigenvalue weighted by molar-refractivity contribution is -0.114. The first kappa shape index (κ1) is 11.9. The first-order chi connectivity index (χ1) is 8.29. The monoisotopic (exact) mass is 230 g/mol. The first-order valence-corrected chi connectivity index (χ1v) is 6.26. The molecule has 0 heterocycles. The summed E-state index contributed by atoms with van der Waals surface area (Å²) in [6, 6.07) is 8.00. The van der Waals surface area contributed by atoms with E-state index < -0.39 is 0 Å². The largest absolute Gasteiger partial charge is 0.494 e. The smallest absolute Gasteiger partial charge is 0.155 e. The van der Waals surface area contributed by atoms with Crippen LogP contribution in [0.1, 0.15) is 38.2 Å². The van der Waals surface area contributed by atoms with Crippen LogP contribution in [0.4, 0.5) is 0 Å². The molecule has 0 spiro atoms. The molecule has 0 aliphatic heterocycles. The van der Waals surface area contributed by atoms with E-state index in [1.54, 1.807) is 6.08 Å². The molecule has 0 N–H and O–H groups in total. The maximum absolute atomic E-state index is 11.6. The highest BCUT2D eigenvalue weighted by atomic mass is 16.5. The summed E-state index contributed by atoms with van der Waals surface area (Å²) in [4.78, 5) is 11.6. The van der Waals surface area contributed by atoms with Crippen molar-refractivity contribution in [1.29, 1.82) is 0 Å². The zero-order valence-electron chi connectivity index (χ0n) is 10.2. The van der Waals surface area contributed by atoms with E-state index >= 15 is 0 Å². The summed E-state index contributed by atoms with van der Waals surface area (Å²) in [5, 5.41) is 0. The lowest BCUT2D eigenvalue weighted by atomic mass is 10.0. The molecular formula is C15H18O2. The second-order valence-electron chi connectivity index (χ2n) is 4.30. The van der Waals surface area contributed by atoms with E-state index in [-0.39, 0.29) is 5.78 Å². The molecule has 0 radical (unpaired) electrons. The van der Waals surface area contributed by atoms with E-state index in [0.717, 1.165) is 36.1 Å². The molecule has 90 valence electrons. The van der Waals surface area contributed by atoms with Gasteiger partial charge >= 0.3 is 0 Å². The van der Waals surface area contributed by atoms with Gasteiger partial charge in [-0.15, -0.1) is 0 Å². The molecule has 0 fully saturated rings. The van der Waals surface area contributed by atoms with Crippen LogP contribution in [0.5, 0.6) is 5.75 Å². The van der Waals surface area contributed by atoms with E-state index in [0.29, 0.717) is 13.0 Å². The highest BCUT2D eigenvalue weighted by molar-refractivity contribution is 5.97. The summed E-state index contributed by atoms with van der Waals surface area (Å²) in [7, 11) is 0. The summed E-state index contributed by atoms with van der Waals surface area (Å²) in [5.41, 5.74) is 2.26. The summed E-state index contributed by atoms with van der Waals surface area (Å²) in [6.07, 6.45) is 5.58. The Morgan fingerprint density at radius 2 is 2.06 bits per heavy atom. The quantitative estimate of drug-likeness (QED) is 0.792. The van der Waals surface area contributed by atoms with Crippen LogP contribution >= 0.6 is 0 Å². The van der Waals surface area contributed by atoms with Crippen LogP contribution in [0.25, 0.3) is 5.57 Å². The van der Waals surface area contributed by atoms with Gasteiger partial charge in [-0.25, -0.2) is 0 Å². The van der Waals surface area contributed by atoms with Crippen LogP contribution in [-0.4, -0.2) is 12.4 Å². The van der Waals surface area contributed by atoms with Crippen LogP contribution < -0.4 is 4.74 Å². The average molecular weight is 230 g/mol. The standard InChI is InChI=1S/C15H18O2/c1-2-17-15-9-5-7-13(11-15)12-6-3-4-8-14(16)10-12/h5,7,9-11H,2-4,6,8H2,1H3. The zero-order chi connectivity index (χ0) is 12.1. The Morgan fingerprint density at radius 3 is 2.88 bits per heavy atom. The van der Waals surface area contributed by atoms with Crippen molar-refractivity contribution in [1.82, 2.24) is 0 Å². The zero-order valence-corrected chi connectivity index (χ0v) is 10.2. The number of benzene rings is 1. The van der Waals surface area contributed by atoms with Crippen LogP contribution in [-0.2, 0) is 4.79 Å². The number of ether oxygens (including phenoxy) is 1. The SMILES string of the molecule is CCOc1cccc(C2=CC(=O)CCCC2)c1. The van der Waals surface area contributed by atoms with Gasteiger partial charge in [-0.05, 0) is 55.5 Å². The van der Waals surface area contributed by atoms with Gasteiger partial charge in [-0.2, -0.15) is 0 Å². The van der Waals surface area contributed by atoms with Gasteiger partial charge in [0.05, 0.1) is 6.61 Å². The maximum Gasteiger partial charge on any atom is 0.155 e. The van der Waals surface area contributed by atoms with Crippen molar-refractivity contribution in [3.63, 3.8) is 0 Å². The highest BCUT2D eigenvalue weighted by Gasteiger charge is 2.10. The highest BCUT2D eigenvalue weighted by Crippen LogP contribution is 2.27. The fourth-order valence-corrected chi connectivity index (χ4v) is 2.13. The van der Waals surface area contributed by atoms with E-state index in [1.807, 2.05) is 31.2 Å². The van der Waals surface area contributed by atoms with Crippen LogP contribution in [0.2, 0.25) is 0 Å². The third kappa shape index (κ3) is 3.19. The van der Waals surface area contributed by atoms with E-state index in [9.17, 15) is 4.79 Å². The number of ketones is 1. The minimum absolute atomic E-state index is 0.249. The normalized spacial score (nSPS) is 16.3. The molecule has 0 atom stereocenters. The number of hydrogen-bond acceptors (Lipinski definition) is 2. The molecular weight excluding hydrogens is 212 g/mol. The lowest BCUT2D eigenvalue weighted by Gasteiger charge is -2.08. The van der Waals surface area contributed by atoms with Gasteiger partial charge in [0.1, 0.15) is 5.75 Å². The molecule has 0 aromatic heterocycles. The fraction of sp³-hybridized carbons (Fsp3) is 0.400. The fourth-order valence-electron chi connectivity index (χ4n) is 2.13. The molecule has 0 bridgehead atoms. The van der Waals surface area contributed by atoms with Crippen LogP contribution in [0, 0.1) is 0 Å². The molecule has 1 aromatic carbocycles. The van der Waals surface area contributed by atoms with Crippen molar-refractivity contribution < 1.29 is 9.53 Å². The predicted octanol–water partition coefficient (Wildman–Crippen LogP) is 3.61. The maximum atomic E-state index is 11.6. The van der Waals surface area contributed by atoms with E-state index in [1.165, 1.54) is 0 Å². The summed E-state index contributed by atoms with van der Waals surface area (Å²) >= 11 is 0. The molecule has 2 rings (SSSR count). The lowest BCUT2D eigenvalue weighted by Crippen LogP contribution is -1.93. The summed E-state index contributed by atoms with van der Waals surface area (Å²) < 4.78 is 5.48. The first-order valence-electron chi connectivity index (χ1n) is 6.26. The molecule has 0 saturated carbocycles. The number of carbonyl (C=O) groups is 1. The molecule has 0 amide bonds. The van der Waals surface area contributed by atoms with Crippen LogP contribution in [0.15, 0.2) is 30.3 Å². The third-order valence-electron chi connectivity index (χ3n) is 2.97. The molecule has 1 aliphatic carbocycles. The van der Waals surface area contributed by atoms with Crippen molar-refractivity contribution in [2.75, 3.05) is 6.61 Å². The molecule has 1 aliphatic rings. The van der Waals surface area contributed by atoms with E-state index in [4.69, 9.17) is 4.74 Å². The Hall–Kier alpha value is -1.57. The van der Waals surface area contributed by atoms with Crippen molar-refractivity contribution in [2.45, 2.75) is 32.6 Å². The van der Waals surface area contributed by atoms with Crippen molar-refractivity contribution in [3.8, 4) is 5.75 Å².